The van der Waals surface area contributed by atoms with E-state index < -0.39 is 0 Å². The van der Waals surface area contributed by atoms with Crippen molar-refractivity contribution in [2.45, 2.75) is 20.8 Å². The number of rotatable bonds is 4. The van der Waals surface area contributed by atoms with E-state index in [0.29, 0.717) is 0 Å². The van der Waals surface area contributed by atoms with Crippen molar-refractivity contribution in [3.05, 3.63) is 23.3 Å². The minimum Gasteiger partial charge on any atom is -0.399 e. The van der Waals surface area contributed by atoms with Gasteiger partial charge >= 0.3 is 0 Å². The fourth-order valence-corrected chi connectivity index (χ4v) is 2.21. The summed E-state index contributed by atoms with van der Waals surface area (Å²) in [7, 11) is 0. The minimum atomic E-state index is 0.0160. The SMILES string of the molecule is CSCC(C)C(=O)Nc1cc(C)c(N)cc1C. The predicted molar refractivity (Wildman–Crippen MR) is 76.5 cm³/mol. The molecule has 0 heterocycles. The fraction of sp³-hybridized carbons (Fsp3) is 0.462. The molecule has 3 nitrogen and oxygen atoms in total. The topological polar surface area (TPSA) is 55.1 Å². The molecule has 0 aliphatic heterocycles. The first-order valence-corrected chi connectivity index (χ1v) is 7.01. The van der Waals surface area contributed by atoms with Gasteiger partial charge in [-0.15, -0.1) is 0 Å². The van der Waals surface area contributed by atoms with E-state index in [2.05, 4.69) is 5.32 Å². The maximum Gasteiger partial charge on any atom is 0.228 e. The lowest BCUT2D eigenvalue weighted by Crippen LogP contribution is -2.22. The Kier molecular flexibility index (Phi) is 4.87. The van der Waals surface area contributed by atoms with Crippen LogP contribution in [-0.4, -0.2) is 17.9 Å². The van der Waals surface area contributed by atoms with Gasteiger partial charge in [0.15, 0.2) is 0 Å². The largest absolute Gasteiger partial charge is 0.399 e. The van der Waals surface area contributed by atoms with E-state index in [1.807, 2.05) is 39.2 Å². The monoisotopic (exact) mass is 252 g/mol. The molecule has 94 valence electrons. The molecule has 0 radical (unpaired) electrons. The second-order valence-corrected chi connectivity index (χ2v) is 5.28. The Morgan fingerprint density at radius 3 is 2.65 bits per heavy atom. The number of benzene rings is 1. The zero-order chi connectivity index (χ0) is 13.0. The van der Waals surface area contributed by atoms with Gasteiger partial charge in [-0.3, -0.25) is 4.79 Å². The molecule has 0 spiro atoms. The Morgan fingerprint density at radius 1 is 1.41 bits per heavy atom. The number of aryl methyl sites for hydroxylation is 2. The third kappa shape index (κ3) is 3.66. The van der Waals surface area contributed by atoms with Crippen LogP contribution >= 0.6 is 11.8 Å². The maximum atomic E-state index is 11.9. The van der Waals surface area contributed by atoms with Crippen LogP contribution in [0.5, 0.6) is 0 Å². The lowest BCUT2D eigenvalue weighted by molar-refractivity contribution is -0.118. The van der Waals surface area contributed by atoms with Crippen molar-refractivity contribution in [3.63, 3.8) is 0 Å². The van der Waals surface area contributed by atoms with E-state index >= 15 is 0 Å². The van der Waals surface area contributed by atoms with Crippen LogP contribution in [0.1, 0.15) is 18.1 Å². The Morgan fingerprint density at radius 2 is 2.06 bits per heavy atom. The molecule has 0 saturated heterocycles. The molecule has 1 amide bonds. The molecule has 1 aromatic rings. The first-order chi connectivity index (χ1) is 7.95. The summed E-state index contributed by atoms with van der Waals surface area (Å²) in [6.45, 7) is 5.83. The molecule has 0 fully saturated rings. The molecule has 17 heavy (non-hydrogen) atoms. The highest BCUT2D eigenvalue weighted by molar-refractivity contribution is 7.98. The highest BCUT2D eigenvalue weighted by Gasteiger charge is 2.13. The average molecular weight is 252 g/mol. The zero-order valence-corrected chi connectivity index (χ0v) is 11.6. The summed E-state index contributed by atoms with van der Waals surface area (Å²) in [6, 6.07) is 3.82. The van der Waals surface area contributed by atoms with Crippen molar-refractivity contribution in [2.24, 2.45) is 5.92 Å². The van der Waals surface area contributed by atoms with Gasteiger partial charge in [0.2, 0.25) is 5.91 Å². The fourth-order valence-electron chi connectivity index (χ4n) is 1.55. The summed E-state index contributed by atoms with van der Waals surface area (Å²) in [4.78, 5) is 11.9. The molecule has 0 bridgehead atoms. The number of carbonyl (C=O) groups is 1. The van der Waals surface area contributed by atoms with E-state index in [9.17, 15) is 4.79 Å². The number of amides is 1. The quantitative estimate of drug-likeness (QED) is 0.810. The number of anilines is 2. The number of hydrogen-bond donors (Lipinski definition) is 2. The molecule has 1 rings (SSSR count). The summed E-state index contributed by atoms with van der Waals surface area (Å²) >= 11 is 1.68. The van der Waals surface area contributed by atoms with Gasteiger partial charge in [0.1, 0.15) is 0 Å². The van der Waals surface area contributed by atoms with Crippen molar-refractivity contribution >= 4 is 29.0 Å². The second kappa shape index (κ2) is 5.96. The molecule has 4 heteroatoms. The smallest absolute Gasteiger partial charge is 0.228 e. The Balaban J connectivity index is 2.81. The van der Waals surface area contributed by atoms with Crippen LogP contribution < -0.4 is 11.1 Å². The van der Waals surface area contributed by atoms with E-state index in [0.717, 1.165) is 28.3 Å². The van der Waals surface area contributed by atoms with E-state index in [-0.39, 0.29) is 11.8 Å². The molecule has 1 unspecified atom stereocenters. The van der Waals surface area contributed by atoms with Crippen molar-refractivity contribution in [3.8, 4) is 0 Å². The summed E-state index contributed by atoms with van der Waals surface area (Å²) in [5.41, 5.74) is 9.42. The van der Waals surface area contributed by atoms with Gasteiger partial charge in [-0.05, 0) is 43.4 Å². The van der Waals surface area contributed by atoms with Crippen LogP contribution in [0.2, 0.25) is 0 Å². The number of nitrogens with one attached hydrogen (secondary N) is 1. The summed E-state index contributed by atoms with van der Waals surface area (Å²) < 4.78 is 0. The minimum absolute atomic E-state index is 0.0160. The highest BCUT2D eigenvalue weighted by atomic mass is 32.2. The van der Waals surface area contributed by atoms with E-state index in [1.54, 1.807) is 11.8 Å². The second-order valence-electron chi connectivity index (χ2n) is 4.37. The van der Waals surface area contributed by atoms with Crippen LogP contribution in [0.15, 0.2) is 12.1 Å². The van der Waals surface area contributed by atoms with Gasteiger partial charge in [0.05, 0.1) is 0 Å². The molecule has 0 saturated carbocycles. The van der Waals surface area contributed by atoms with Gasteiger partial charge in [-0.1, -0.05) is 6.92 Å². The van der Waals surface area contributed by atoms with Crippen LogP contribution in [0.25, 0.3) is 0 Å². The number of thioether (sulfide) groups is 1. The number of hydrogen-bond acceptors (Lipinski definition) is 3. The number of nitrogens with two attached hydrogens (primary N) is 1. The van der Waals surface area contributed by atoms with Crippen LogP contribution in [0.4, 0.5) is 11.4 Å². The van der Waals surface area contributed by atoms with E-state index in [4.69, 9.17) is 5.73 Å². The lowest BCUT2D eigenvalue weighted by atomic mass is 10.1. The van der Waals surface area contributed by atoms with Gasteiger partial charge in [0, 0.05) is 23.0 Å². The van der Waals surface area contributed by atoms with Crippen LogP contribution in [-0.2, 0) is 4.79 Å². The molecule has 1 aromatic carbocycles. The summed E-state index contributed by atoms with van der Waals surface area (Å²) in [5, 5.41) is 2.96. The lowest BCUT2D eigenvalue weighted by Gasteiger charge is -2.14. The molecule has 0 aromatic heterocycles. The van der Waals surface area contributed by atoms with Gasteiger partial charge in [-0.2, -0.15) is 11.8 Å². The van der Waals surface area contributed by atoms with Crippen molar-refractivity contribution in [1.82, 2.24) is 0 Å². The van der Waals surface area contributed by atoms with Crippen molar-refractivity contribution < 1.29 is 4.79 Å². The molecular formula is C13H20N2OS. The van der Waals surface area contributed by atoms with Crippen LogP contribution in [0, 0.1) is 19.8 Å². The van der Waals surface area contributed by atoms with Crippen LogP contribution in [0.3, 0.4) is 0 Å². The standard InChI is InChI=1S/C13H20N2OS/c1-8-6-12(9(2)5-11(8)14)15-13(16)10(3)7-17-4/h5-6,10H,7,14H2,1-4H3,(H,15,16). The number of nitrogen functional groups attached to an aromatic ring is 1. The van der Waals surface area contributed by atoms with Gasteiger partial charge in [0.25, 0.3) is 0 Å². The summed E-state index contributed by atoms with van der Waals surface area (Å²) in [6.07, 6.45) is 2.00. The molecule has 3 N–H and O–H groups in total. The van der Waals surface area contributed by atoms with Crippen molar-refractivity contribution in [2.75, 3.05) is 23.1 Å². The normalized spacial score (nSPS) is 12.2. The van der Waals surface area contributed by atoms with Gasteiger partial charge < -0.3 is 11.1 Å². The maximum absolute atomic E-state index is 11.9. The third-order valence-electron chi connectivity index (χ3n) is 2.74. The first-order valence-electron chi connectivity index (χ1n) is 5.62. The average Bonchev–Trinajstić information content (AvgIpc) is 2.26. The third-order valence-corrected chi connectivity index (χ3v) is 3.57. The first kappa shape index (κ1) is 13.9. The molecular weight excluding hydrogens is 232 g/mol. The zero-order valence-electron chi connectivity index (χ0n) is 10.8. The highest BCUT2D eigenvalue weighted by Crippen LogP contribution is 2.22. The number of carbonyl (C=O) groups excluding carboxylic acids is 1. The Labute approximate surface area is 107 Å². The summed E-state index contributed by atoms with van der Waals surface area (Å²) in [5.74, 6) is 0.910. The van der Waals surface area contributed by atoms with E-state index in [1.165, 1.54) is 0 Å². The predicted octanol–water partition coefficient (Wildman–Crippen LogP) is 2.82. The Hall–Kier alpha value is -1.16. The van der Waals surface area contributed by atoms with Crippen molar-refractivity contribution in [1.29, 1.82) is 0 Å². The molecule has 0 aliphatic rings. The Bertz CT molecular complexity index is 418. The van der Waals surface area contributed by atoms with Gasteiger partial charge in [-0.25, -0.2) is 0 Å². The molecule has 1 atom stereocenters. The molecule has 0 aliphatic carbocycles.